The van der Waals surface area contributed by atoms with E-state index in [4.69, 9.17) is 0 Å². The van der Waals surface area contributed by atoms with Crippen molar-refractivity contribution in [2.24, 2.45) is 22.7 Å². The number of rotatable bonds is 6. The zero-order valence-corrected chi connectivity index (χ0v) is 14.5. The summed E-state index contributed by atoms with van der Waals surface area (Å²) in [5, 5.41) is 0. The highest BCUT2D eigenvalue weighted by Crippen LogP contribution is 2.45. The monoisotopic (exact) mass is 266 g/mol. The maximum atomic E-state index is 2.56. The molecule has 0 bridgehead atoms. The fourth-order valence-electron chi connectivity index (χ4n) is 4.13. The summed E-state index contributed by atoms with van der Waals surface area (Å²) in [5.41, 5.74) is 1.07. The van der Waals surface area contributed by atoms with Gasteiger partial charge in [0, 0.05) is 0 Å². The molecule has 1 fully saturated rings. The van der Waals surface area contributed by atoms with Crippen LogP contribution in [-0.2, 0) is 0 Å². The summed E-state index contributed by atoms with van der Waals surface area (Å²) in [5.74, 6) is 1.94. The van der Waals surface area contributed by atoms with Gasteiger partial charge >= 0.3 is 0 Å². The molecule has 0 heteroatoms. The molecule has 0 nitrogen and oxygen atoms in total. The quantitative estimate of drug-likeness (QED) is 0.462. The topological polar surface area (TPSA) is 0 Å². The van der Waals surface area contributed by atoms with Gasteiger partial charge in [-0.2, -0.15) is 0 Å². The molecule has 1 aliphatic carbocycles. The summed E-state index contributed by atoms with van der Waals surface area (Å²) in [4.78, 5) is 0. The van der Waals surface area contributed by atoms with Gasteiger partial charge in [0.05, 0.1) is 0 Å². The minimum atomic E-state index is 0.513. The van der Waals surface area contributed by atoms with Crippen LogP contribution in [0.2, 0.25) is 0 Å². The van der Waals surface area contributed by atoms with Crippen LogP contribution in [0.3, 0.4) is 0 Å². The average Bonchev–Trinajstić information content (AvgIpc) is 2.54. The molecule has 0 aliphatic heterocycles. The van der Waals surface area contributed by atoms with Gasteiger partial charge in [-0.1, -0.05) is 86.5 Å². The van der Waals surface area contributed by atoms with Gasteiger partial charge in [0.15, 0.2) is 0 Å². The van der Waals surface area contributed by atoms with E-state index in [2.05, 4.69) is 41.5 Å². The molecule has 0 aromatic carbocycles. The molecule has 0 heterocycles. The number of hydrogen-bond acceptors (Lipinski definition) is 0. The molecule has 1 aliphatic rings. The Morgan fingerprint density at radius 2 is 1.53 bits per heavy atom. The Morgan fingerprint density at radius 3 is 2.11 bits per heavy atom. The standard InChI is InChI=1S/C19H38/c1-7-18(4,5)15-19(6,8-2)14-17-13-11-9-10-12-16(17)3/h16-17H,7-15H2,1-6H3. The number of hydrogen-bond donors (Lipinski definition) is 0. The SMILES string of the molecule is CCC(C)(C)CC(C)(CC)CC1CCCCCC1C. The first-order valence-corrected chi connectivity index (χ1v) is 8.82. The Morgan fingerprint density at radius 1 is 0.895 bits per heavy atom. The molecule has 0 radical (unpaired) electrons. The highest BCUT2D eigenvalue weighted by atomic mass is 14.4. The van der Waals surface area contributed by atoms with Crippen molar-refractivity contribution in [3.8, 4) is 0 Å². The van der Waals surface area contributed by atoms with Gasteiger partial charge in [0.25, 0.3) is 0 Å². The van der Waals surface area contributed by atoms with Crippen LogP contribution in [0.25, 0.3) is 0 Å². The van der Waals surface area contributed by atoms with E-state index in [1.54, 1.807) is 0 Å². The fourth-order valence-corrected chi connectivity index (χ4v) is 4.13. The summed E-state index contributed by atoms with van der Waals surface area (Å²) in [6, 6.07) is 0. The fraction of sp³-hybridized carbons (Fsp3) is 1.00. The first-order chi connectivity index (χ1) is 8.82. The van der Waals surface area contributed by atoms with Crippen LogP contribution in [0.15, 0.2) is 0 Å². The summed E-state index contributed by atoms with van der Waals surface area (Å²) in [7, 11) is 0. The molecule has 3 unspecified atom stereocenters. The molecule has 0 saturated heterocycles. The minimum Gasteiger partial charge on any atom is -0.0649 e. The second kappa shape index (κ2) is 7.14. The van der Waals surface area contributed by atoms with Crippen molar-refractivity contribution in [3.05, 3.63) is 0 Å². The van der Waals surface area contributed by atoms with Gasteiger partial charge < -0.3 is 0 Å². The second-order valence-electron chi connectivity index (χ2n) is 8.44. The summed E-state index contributed by atoms with van der Waals surface area (Å²) in [6.07, 6.45) is 12.9. The maximum Gasteiger partial charge on any atom is -0.0321 e. The van der Waals surface area contributed by atoms with Gasteiger partial charge in [-0.15, -0.1) is 0 Å². The molecule has 0 spiro atoms. The molecule has 3 atom stereocenters. The van der Waals surface area contributed by atoms with Crippen LogP contribution in [0.4, 0.5) is 0 Å². The van der Waals surface area contributed by atoms with Gasteiger partial charge in [-0.05, 0) is 35.5 Å². The van der Waals surface area contributed by atoms with Gasteiger partial charge in [0.1, 0.15) is 0 Å². The smallest absolute Gasteiger partial charge is 0.0321 e. The van der Waals surface area contributed by atoms with Crippen LogP contribution in [0, 0.1) is 22.7 Å². The molecular formula is C19H38. The second-order valence-corrected chi connectivity index (χ2v) is 8.44. The van der Waals surface area contributed by atoms with E-state index in [0.29, 0.717) is 10.8 Å². The summed E-state index contributed by atoms with van der Waals surface area (Å²) >= 11 is 0. The van der Waals surface area contributed by atoms with Crippen molar-refractivity contribution >= 4 is 0 Å². The molecule has 0 aromatic heterocycles. The Labute approximate surface area is 122 Å². The third-order valence-electron chi connectivity index (χ3n) is 6.01. The van der Waals surface area contributed by atoms with Crippen molar-refractivity contribution in [3.63, 3.8) is 0 Å². The van der Waals surface area contributed by atoms with Crippen molar-refractivity contribution < 1.29 is 0 Å². The highest BCUT2D eigenvalue weighted by molar-refractivity contribution is 4.85. The normalized spacial score (nSPS) is 28.7. The Balaban J connectivity index is 2.67. The van der Waals surface area contributed by atoms with E-state index < -0.39 is 0 Å². The van der Waals surface area contributed by atoms with Crippen LogP contribution < -0.4 is 0 Å². The van der Waals surface area contributed by atoms with E-state index in [1.165, 1.54) is 57.8 Å². The van der Waals surface area contributed by atoms with E-state index >= 15 is 0 Å². The minimum absolute atomic E-state index is 0.513. The Kier molecular flexibility index (Phi) is 6.40. The van der Waals surface area contributed by atoms with Crippen LogP contribution >= 0.6 is 0 Å². The highest BCUT2D eigenvalue weighted by Gasteiger charge is 2.34. The Bertz CT molecular complexity index is 253. The predicted octanol–water partition coefficient (Wildman–Crippen LogP) is 6.84. The zero-order valence-electron chi connectivity index (χ0n) is 14.5. The largest absolute Gasteiger partial charge is 0.0649 e. The van der Waals surface area contributed by atoms with E-state index in [9.17, 15) is 0 Å². The molecule has 0 aromatic rings. The van der Waals surface area contributed by atoms with Gasteiger partial charge in [-0.3, -0.25) is 0 Å². The third kappa shape index (κ3) is 5.48. The van der Waals surface area contributed by atoms with Crippen molar-refractivity contribution in [2.45, 2.75) is 99.3 Å². The van der Waals surface area contributed by atoms with E-state index in [0.717, 1.165) is 11.8 Å². The maximum absolute atomic E-state index is 2.56. The molecule has 1 saturated carbocycles. The molecule has 0 amide bonds. The molecule has 0 N–H and O–H groups in total. The first kappa shape index (κ1) is 17.1. The summed E-state index contributed by atoms with van der Waals surface area (Å²) in [6.45, 7) is 14.7. The third-order valence-corrected chi connectivity index (χ3v) is 6.01. The van der Waals surface area contributed by atoms with Crippen molar-refractivity contribution in [2.75, 3.05) is 0 Å². The summed E-state index contributed by atoms with van der Waals surface area (Å²) < 4.78 is 0. The zero-order chi connectivity index (χ0) is 14.5. The van der Waals surface area contributed by atoms with Crippen LogP contribution in [-0.4, -0.2) is 0 Å². The molecular weight excluding hydrogens is 228 g/mol. The average molecular weight is 267 g/mol. The van der Waals surface area contributed by atoms with E-state index in [-0.39, 0.29) is 0 Å². The molecule has 114 valence electrons. The van der Waals surface area contributed by atoms with E-state index in [1.807, 2.05) is 0 Å². The molecule has 19 heavy (non-hydrogen) atoms. The van der Waals surface area contributed by atoms with Crippen LogP contribution in [0.5, 0.6) is 0 Å². The lowest BCUT2D eigenvalue weighted by molar-refractivity contribution is 0.111. The van der Waals surface area contributed by atoms with Crippen molar-refractivity contribution in [1.29, 1.82) is 0 Å². The van der Waals surface area contributed by atoms with Crippen molar-refractivity contribution in [1.82, 2.24) is 0 Å². The predicted molar refractivity (Wildman–Crippen MR) is 87.4 cm³/mol. The van der Waals surface area contributed by atoms with Crippen LogP contribution in [0.1, 0.15) is 99.3 Å². The Hall–Kier alpha value is 0. The lowest BCUT2D eigenvalue weighted by Crippen LogP contribution is -2.29. The first-order valence-electron chi connectivity index (χ1n) is 8.82. The van der Waals surface area contributed by atoms with Gasteiger partial charge in [-0.25, -0.2) is 0 Å². The van der Waals surface area contributed by atoms with Gasteiger partial charge in [0.2, 0.25) is 0 Å². The lowest BCUT2D eigenvalue weighted by atomic mass is 9.65. The lowest BCUT2D eigenvalue weighted by Gasteiger charge is -2.40. The molecule has 1 rings (SSSR count).